The molecule has 1 aliphatic rings. The molecule has 2 aromatic carbocycles. The van der Waals surface area contributed by atoms with Crippen molar-refractivity contribution in [2.24, 2.45) is 0 Å². The van der Waals surface area contributed by atoms with Gasteiger partial charge in [0.2, 0.25) is 5.91 Å². The molecule has 2 aromatic heterocycles. The molecule has 0 radical (unpaired) electrons. The quantitative estimate of drug-likeness (QED) is 0.446. The maximum atomic E-state index is 12.6. The average Bonchev–Trinajstić information content (AvgIpc) is 3.24. The number of nitrogens with zero attached hydrogens (tertiary/aromatic N) is 3. The summed E-state index contributed by atoms with van der Waals surface area (Å²) in [6.45, 7) is 0. The van der Waals surface area contributed by atoms with Crippen LogP contribution in [0.5, 0.6) is 0 Å². The zero-order valence-electron chi connectivity index (χ0n) is 15.0. The Morgan fingerprint density at radius 3 is 2.79 bits per heavy atom. The topological polar surface area (TPSA) is 59.8 Å². The molecule has 0 unspecified atom stereocenters. The lowest BCUT2D eigenvalue weighted by Crippen LogP contribution is -2.15. The maximum absolute atomic E-state index is 12.6. The number of amides is 1. The summed E-state index contributed by atoms with van der Waals surface area (Å²) in [5, 5.41) is 16.8. The molecule has 1 aliphatic carbocycles. The van der Waals surface area contributed by atoms with Crippen molar-refractivity contribution >= 4 is 45.5 Å². The number of anilines is 1. The Morgan fingerprint density at radius 2 is 1.96 bits per heavy atom. The SMILES string of the molecule is O=C(CSc1nnc(-c2cccs2)n1C1CC1)Nc1cccc2ccccc12. The van der Waals surface area contributed by atoms with E-state index >= 15 is 0 Å². The third-order valence-corrected chi connectivity index (χ3v) is 6.52. The van der Waals surface area contributed by atoms with Gasteiger partial charge >= 0.3 is 0 Å². The lowest BCUT2D eigenvalue weighted by molar-refractivity contribution is -0.113. The van der Waals surface area contributed by atoms with E-state index in [-0.39, 0.29) is 5.91 Å². The van der Waals surface area contributed by atoms with Gasteiger partial charge in [-0.15, -0.1) is 21.5 Å². The minimum Gasteiger partial charge on any atom is -0.325 e. The molecule has 0 bridgehead atoms. The summed E-state index contributed by atoms with van der Waals surface area (Å²) in [6, 6.07) is 18.5. The van der Waals surface area contributed by atoms with Crippen LogP contribution >= 0.6 is 23.1 Å². The Balaban J connectivity index is 1.32. The Kier molecular flexibility index (Phi) is 4.62. The number of thioether (sulfide) groups is 1. The van der Waals surface area contributed by atoms with Crippen molar-refractivity contribution in [3.63, 3.8) is 0 Å². The van der Waals surface area contributed by atoms with E-state index in [1.807, 2.05) is 53.9 Å². The Bertz CT molecular complexity index is 1130. The third kappa shape index (κ3) is 3.43. The van der Waals surface area contributed by atoms with E-state index in [4.69, 9.17) is 0 Å². The summed E-state index contributed by atoms with van der Waals surface area (Å²) in [4.78, 5) is 13.7. The van der Waals surface area contributed by atoms with Crippen molar-refractivity contribution in [1.29, 1.82) is 0 Å². The monoisotopic (exact) mass is 406 g/mol. The van der Waals surface area contributed by atoms with Crippen molar-refractivity contribution < 1.29 is 4.79 Å². The van der Waals surface area contributed by atoms with Crippen LogP contribution in [-0.2, 0) is 4.79 Å². The Labute approximate surface area is 170 Å². The summed E-state index contributed by atoms with van der Waals surface area (Å²) in [7, 11) is 0. The molecule has 0 aliphatic heterocycles. The standard InChI is InChI=1S/C21H18N4OS2/c26-19(22-17-8-3-6-14-5-1-2-7-16(14)17)13-28-21-24-23-20(18-9-4-12-27-18)25(21)15-10-11-15/h1-9,12,15H,10-11,13H2,(H,22,26). The predicted molar refractivity (Wildman–Crippen MR) is 115 cm³/mol. The van der Waals surface area contributed by atoms with Crippen molar-refractivity contribution in [2.45, 2.75) is 24.0 Å². The zero-order valence-corrected chi connectivity index (χ0v) is 16.7. The number of hydrogen-bond donors (Lipinski definition) is 1. The van der Waals surface area contributed by atoms with E-state index in [2.05, 4.69) is 26.1 Å². The summed E-state index contributed by atoms with van der Waals surface area (Å²) >= 11 is 3.11. The van der Waals surface area contributed by atoms with Crippen LogP contribution in [0.2, 0.25) is 0 Å². The number of carbonyl (C=O) groups excluding carboxylic acids is 1. The molecule has 1 fully saturated rings. The number of thiophene rings is 1. The van der Waals surface area contributed by atoms with Gasteiger partial charge in [-0.1, -0.05) is 54.2 Å². The Hall–Kier alpha value is -2.64. The van der Waals surface area contributed by atoms with Gasteiger partial charge < -0.3 is 5.32 Å². The molecule has 5 rings (SSSR count). The fourth-order valence-corrected chi connectivity index (χ4v) is 4.77. The first kappa shape index (κ1) is 17.5. The van der Waals surface area contributed by atoms with Crippen LogP contribution in [-0.4, -0.2) is 26.4 Å². The third-order valence-electron chi connectivity index (χ3n) is 4.71. The Morgan fingerprint density at radius 1 is 1.11 bits per heavy atom. The highest BCUT2D eigenvalue weighted by atomic mass is 32.2. The normalized spacial score (nSPS) is 13.7. The van der Waals surface area contributed by atoms with E-state index in [9.17, 15) is 4.79 Å². The first-order valence-corrected chi connectivity index (χ1v) is 11.1. The molecule has 28 heavy (non-hydrogen) atoms. The maximum Gasteiger partial charge on any atom is 0.234 e. The number of hydrogen-bond acceptors (Lipinski definition) is 5. The van der Waals surface area contributed by atoms with Crippen LogP contribution in [0.4, 0.5) is 5.69 Å². The highest BCUT2D eigenvalue weighted by molar-refractivity contribution is 7.99. The fourth-order valence-electron chi connectivity index (χ4n) is 3.26. The van der Waals surface area contributed by atoms with E-state index in [0.29, 0.717) is 11.8 Å². The van der Waals surface area contributed by atoms with Gasteiger partial charge in [0.15, 0.2) is 11.0 Å². The molecule has 0 spiro atoms. The smallest absolute Gasteiger partial charge is 0.234 e. The molecule has 1 saturated carbocycles. The van der Waals surface area contributed by atoms with E-state index in [1.54, 1.807) is 11.3 Å². The molecule has 2 heterocycles. The van der Waals surface area contributed by atoms with Gasteiger partial charge in [0.25, 0.3) is 0 Å². The molecule has 5 nitrogen and oxygen atoms in total. The minimum atomic E-state index is -0.0376. The molecule has 0 atom stereocenters. The molecule has 1 N–H and O–H groups in total. The van der Waals surface area contributed by atoms with Crippen LogP contribution < -0.4 is 5.32 Å². The second kappa shape index (κ2) is 7.41. The van der Waals surface area contributed by atoms with Crippen LogP contribution in [0.25, 0.3) is 21.5 Å². The van der Waals surface area contributed by atoms with Gasteiger partial charge in [-0.25, -0.2) is 0 Å². The van der Waals surface area contributed by atoms with Crippen molar-refractivity contribution in [1.82, 2.24) is 14.8 Å². The second-order valence-corrected chi connectivity index (χ2v) is 8.64. The largest absolute Gasteiger partial charge is 0.325 e. The number of benzene rings is 2. The number of fused-ring (bicyclic) bond motifs is 1. The zero-order chi connectivity index (χ0) is 18.9. The second-order valence-electron chi connectivity index (χ2n) is 6.75. The molecular formula is C21H18N4OS2. The number of rotatable bonds is 6. The van der Waals surface area contributed by atoms with Gasteiger partial charge in [-0.05, 0) is 35.7 Å². The molecular weight excluding hydrogens is 388 g/mol. The number of carbonyl (C=O) groups is 1. The van der Waals surface area contributed by atoms with Gasteiger partial charge in [-0.3, -0.25) is 9.36 Å². The molecule has 4 aromatic rings. The van der Waals surface area contributed by atoms with Crippen molar-refractivity contribution in [2.75, 3.05) is 11.1 Å². The number of aromatic nitrogens is 3. The van der Waals surface area contributed by atoms with Crippen LogP contribution in [0.3, 0.4) is 0 Å². The van der Waals surface area contributed by atoms with Crippen molar-refractivity contribution in [3.8, 4) is 10.7 Å². The highest BCUT2D eigenvalue weighted by Crippen LogP contribution is 2.41. The predicted octanol–water partition coefficient (Wildman–Crippen LogP) is 5.23. The van der Waals surface area contributed by atoms with Crippen LogP contribution in [0, 0.1) is 0 Å². The van der Waals surface area contributed by atoms with E-state index < -0.39 is 0 Å². The van der Waals surface area contributed by atoms with E-state index in [0.717, 1.165) is 45.2 Å². The molecule has 1 amide bonds. The summed E-state index contributed by atoms with van der Waals surface area (Å²) in [5.41, 5.74) is 0.839. The first-order valence-electron chi connectivity index (χ1n) is 9.19. The lowest BCUT2D eigenvalue weighted by atomic mass is 10.1. The van der Waals surface area contributed by atoms with Gasteiger partial charge in [0.1, 0.15) is 0 Å². The summed E-state index contributed by atoms with van der Waals surface area (Å²) in [5.74, 6) is 1.18. The van der Waals surface area contributed by atoms with Gasteiger partial charge in [-0.2, -0.15) is 0 Å². The van der Waals surface area contributed by atoms with Crippen molar-refractivity contribution in [3.05, 3.63) is 60.0 Å². The lowest BCUT2D eigenvalue weighted by Gasteiger charge is -2.10. The fraction of sp³-hybridized carbons (Fsp3) is 0.190. The van der Waals surface area contributed by atoms with Crippen LogP contribution in [0.1, 0.15) is 18.9 Å². The highest BCUT2D eigenvalue weighted by Gasteiger charge is 2.30. The molecule has 7 heteroatoms. The van der Waals surface area contributed by atoms with Crippen LogP contribution in [0.15, 0.2) is 65.1 Å². The molecule has 140 valence electrons. The first-order chi connectivity index (χ1) is 13.8. The number of nitrogens with one attached hydrogen (secondary N) is 1. The summed E-state index contributed by atoms with van der Waals surface area (Å²) in [6.07, 6.45) is 2.29. The van der Waals surface area contributed by atoms with E-state index in [1.165, 1.54) is 11.8 Å². The summed E-state index contributed by atoms with van der Waals surface area (Å²) < 4.78 is 2.20. The average molecular weight is 407 g/mol. The van der Waals surface area contributed by atoms with Gasteiger partial charge in [0, 0.05) is 17.1 Å². The minimum absolute atomic E-state index is 0.0376. The molecule has 0 saturated heterocycles. The van der Waals surface area contributed by atoms with Gasteiger partial charge in [0.05, 0.1) is 10.6 Å².